The van der Waals surface area contributed by atoms with Gasteiger partial charge in [0, 0.05) is 6.42 Å². The second-order valence-electron chi connectivity index (χ2n) is 11.5. The first-order chi connectivity index (χ1) is 17.8. The summed E-state index contributed by atoms with van der Waals surface area (Å²) in [5.74, 6) is -2.62. The summed E-state index contributed by atoms with van der Waals surface area (Å²) in [4.78, 5) is 36.4. The molecule has 6 heteroatoms. The summed E-state index contributed by atoms with van der Waals surface area (Å²) in [7, 11) is 0. The number of nitrogens with two attached hydrogens (primary N) is 1. The normalized spacial score (nSPS) is 18.8. The summed E-state index contributed by atoms with van der Waals surface area (Å²) in [5.41, 5.74) is 5.46. The monoisotopic (exact) mass is 523 g/mol. The molecule has 1 fully saturated rings. The van der Waals surface area contributed by atoms with Gasteiger partial charge in [0.1, 0.15) is 18.1 Å². The Morgan fingerprint density at radius 2 is 1.30 bits per heavy atom. The standard InChI is InChI=1S/C31H57NO5/c1-5-7-8-9-10-11-12-13-14-15-16-17-18-19-20-22-25(23-27-26(21-6-2)30(34)37-27)36-31(35)28(24(3)4)29(32)33/h24-28H,5-23H2,1-4H3,(H2,32,33)/t25-,26+,27+,28-/m0/s1. The summed E-state index contributed by atoms with van der Waals surface area (Å²) in [6, 6.07) is 0. The number of carbonyl (C=O) groups excluding carboxylic acids is 3. The van der Waals surface area contributed by atoms with Gasteiger partial charge in [-0.3, -0.25) is 14.4 Å². The fourth-order valence-corrected chi connectivity index (χ4v) is 5.41. The van der Waals surface area contributed by atoms with Gasteiger partial charge in [0.25, 0.3) is 0 Å². The van der Waals surface area contributed by atoms with Gasteiger partial charge in [-0.2, -0.15) is 0 Å². The van der Waals surface area contributed by atoms with Gasteiger partial charge < -0.3 is 15.2 Å². The summed E-state index contributed by atoms with van der Waals surface area (Å²) in [6.45, 7) is 7.91. The number of ether oxygens (including phenoxy) is 2. The van der Waals surface area contributed by atoms with Gasteiger partial charge in [0.05, 0.1) is 5.92 Å². The maximum absolute atomic E-state index is 12.7. The van der Waals surface area contributed by atoms with Gasteiger partial charge in [0.15, 0.2) is 0 Å². The lowest BCUT2D eigenvalue weighted by Gasteiger charge is -2.37. The molecule has 0 aliphatic carbocycles. The molecule has 0 aromatic heterocycles. The van der Waals surface area contributed by atoms with Crippen LogP contribution in [0.25, 0.3) is 0 Å². The average molecular weight is 524 g/mol. The number of amides is 1. The van der Waals surface area contributed by atoms with Crippen LogP contribution >= 0.6 is 0 Å². The zero-order valence-electron chi connectivity index (χ0n) is 24.4. The first-order valence-electron chi connectivity index (χ1n) is 15.5. The smallest absolute Gasteiger partial charge is 0.319 e. The molecule has 0 saturated carbocycles. The summed E-state index contributed by atoms with van der Waals surface area (Å²) >= 11 is 0. The second-order valence-corrected chi connectivity index (χ2v) is 11.5. The predicted molar refractivity (Wildman–Crippen MR) is 150 cm³/mol. The van der Waals surface area contributed by atoms with Crippen molar-refractivity contribution in [1.82, 2.24) is 0 Å². The Labute approximate surface area is 227 Å². The first kappa shape index (κ1) is 33.4. The van der Waals surface area contributed by atoms with Crippen LogP contribution in [0.2, 0.25) is 0 Å². The van der Waals surface area contributed by atoms with Crippen molar-refractivity contribution >= 4 is 17.8 Å². The van der Waals surface area contributed by atoms with E-state index in [1.165, 1.54) is 83.5 Å². The van der Waals surface area contributed by atoms with Crippen molar-refractivity contribution in [3.63, 3.8) is 0 Å². The number of primary amides is 1. The van der Waals surface area contributed by atoms with Gasteiger partial charge >= 0.3 is 11.9 Å². The van der Waals surface area contributed by atoms with E-state index >= 15 is 0 Å². The third-order valence-corrected chi connectivity index (χ3v) is 7.75. The van der Waals surface area contributed by atoms with Crippen LogP contribution in [0.15, 0.2) is 0 Å². The Morgan fingerprint density at radius 3 is 1.70 bits per heavy atom. The SMILES string of the molecule is CCCCCCCCCCCCCCCCC[C@@H](C[C@H]1OC(=O)[C@@H]1CCC)OC(=O)[C@H](C(N)=O)C(C)C. The quantitative estimate of drug-likeness (QED) is 0.0796. The summed E-state index contributed by atoms with van der Waals surface area (Å²) in [5, 5.41) is 0. The minimum atomic E-state index is -0.945. The number of esters is 2. The highest BCUT2D eigenvalue weighted by Gasteiger charge is 2.43. The number of carbonyl (C=O) groups is 3. The molecule has 0 unspecified atom stereocenters. The highest BCUT2D eigenvalue weighted by Crippen LogP contribution is 2.32. The largest absolute Gasteiger partial charge is 0.462 e. The van der Waals surface area contributed by atoms with Crippen LogP contribution in [0.4, 0.5) is 0 Å². The van der Waals surface area contributed by atoms with Crippen molar-refractivity contribution in [2.75, 3.05) is 0 Å². The molecular weight excluding hydrogens is 466 g/mol. The topological polar surface area (TPSA) is 95.7 Å². The minimum Gasteiger partial charge on any atom is -0.462 e. The molecule has 0 radical (unpaired) electrons. The Balaban J connectivity index is 2.29. The van der Waals surface area contributed by atoms with Crippen LogP contribution in [0.3, 0.4) is 0 Å². The summed E-state index contributed by atoms with van der Waals surface area (Å²) < 4.78 is 11.2. The second kappa shape index (κ2) is 20.4. The van der Waals surface area contributed by atoms with Crippen molar-refractivity contribution < 1.29 is 23.9 Å². The molecule has 2 N–H and O–H groups in total. The van der Waals surface area contributed by atoms with Gasteiger partial charge in [-0.05, 0) is 25.2 Å². The van der Waals surface area contributed by atoms with Crippen molar-refractivity contribution in [1.29, 1.82) is 0 Å². The van der Waals surface area contributed by atoms with Crippen molar-refractivity contribution in [2.45, 2.75) is 162 Å². The molecule has 1 saturated heterocycles. The molecular formula is C31H57NO5. The predicted octanol–water partition coefficient (Wildman–Crippen LogP) is 7.65. The van der Waals surface area contributed by atoms with E-state index in [9.17, 15) is 14.4 Å². The molecule has 4 atom stereocenters. The Kier molecular flexibility index (Phi) is 18.4. The van der Waals surface area contributed by atoms with E-state index in [1.807, 2.05) is 0 Å². The van der Waals surface area contributed by atoms with E-state index in [-0.39, 0.29) is 30.0 Å². The van der Waals surface area contributed by atoms with Crippen LogP contribution in [0.5, 0.6) is 0 Å². The molecule has 1 heterocycles. The van der Waals surface area contributed by atoms with Crippen LogP contribution in [-0.4, -0.2) is 30.1 Å². The Hall–Kier alpha value is -1.59. The van der Waals surface area contributed by atoms with Crippen LogP contribution in [-0.2, 0) is 23.9 Å². The maximum atomic E-state index is 12.7. The molecule has 1 amide bonds. The molecule has 216 valence electrons. The molecule has 6 nitrogen and oxygen atoms in total. The minimum absolute atomic E-state index is 0.107. The molecule has 0 aromatic carbocycles. The van der Waals surface area contributed by atoms with E-state index in [0.29, 0.717) is 6.42 Å². The van der Waals surface area contributed by atoms with Crippen LogP contribution < -0.4 is 5.73 Å². The lowest BCUT2D eigenvalue weighted by atomic mass is 9.87. The van der Waals surface area contributed by atoms with Crippen LogP contribution in [0.1, 0.15) is 150 Å². The first-order valence-corrected chi connectivity index (χ1v) is 15.5. The highest BCUT2D eigenvalue weighted by atomic mass is 16.6. The Morgan fingerprint density at radius 1 is 0.811 bits per heavy atom. The zero-order chi connectivity index (χ0) is 27.5. The van der Waals surface area contributed by atoms with Crippen LogP contribution in [0, 0.1) is 17.8 Å². The molecule has 1 aliphatic rings. The van der Waals surface area contributed by atoms with Gasteiger partial charge in [0.2, 0.25) is 5.91 Å². The van der Waals surface area contributed by atoms with E-state index in [4.69, 9.17) is 15.2 Å². The van der Waals surface area contributed by atoms with E-state index in [1.54, 1.807) is 13.8 Å². The van der Waals surface area contributed by atoms with E-state index < -0.39 is 17.8 Å². The number of hydrogen-bond donors (Lipinski definition) is 1. The lowest BCUT2D eigenvalue weighted by molar-refractivity contribution is -0.190. The van der Waals surface area contributed by atoms with Crippen molar-refractivity contribution in [3.8, 4) is 0 Å². The fraction of sp³-hybridized carbons (Fsp3) is 0.903. The molecule has 0 bridgehead atoms. The van der Waals surface area contributed by atoms with E-state index in [0.717, 1.165) is 32.1 Å². The zero-order valence-corrected chi connectivity index (χ0v) is 24.4. The highest BCUT2D eigenvalue weighted by molar-refractivity contribution is 5.97. The molecule has 37 heavy (non-hydrogen) atoms. The van der Waals surface area contributed by atoms with Gasteiger partial charge in [-0.15, -0.1) is 0 Å². The van der Waals surface area contributed by atoms with Gasteiger partial charge in [-0.25, -0.2) is 0 Å². The molecule has 1 rings (SSSR count). The average Bonchev–Trinajstić information content (AvgIpc) is 2.84. The molecule has 1 aliphatic heterocycles. The third kappa shape index (κ3) is 14.2. The lowest BCUT2D eigenvalue weighted by Crippen LogP contribution is -2.47. The molecule has 0 spiro atoms. The molecule has 0 aromatic rings. The van der Waals surface area contributed by atoms with E-state index in [2.05, 4.69) is 13.8 Å². The number of hydrogen-bond acceptors (Lipinski definition) is 5. The van der Waals surface area contributed by atoms with Crippen molar-refractivity contribution in [3.05, 3.63) is 0 Å². The number of unbranched alkanes of at least 4 members (excludes halogenated alkanes) is 14. The van der Waals surface area contributed by atoms with Crippen molar-refractivity contribution in [2.24, 2.45) is 23.5 Å². The Bertz CT molecular complexity index is 635. The maximum Gasteiger partial charge on any atom is 0.319 e. The third-order valence-electron chi connectivity index (χ3n) is 7.75. The number of cyclic esters (lactones) is 1. The van der Waals surface area contributed by atoms with Gasteiger partial charge in [-0.1, -0.05) is 124 Å². The fourth-order valence-electron chi connectivity index (χ4n) is 5.41. The summed E-state index contributed by atoms with van der Waals surface area (Å²) in [6.07, 6.45) is 21.9. The number of rotatable bonds is 24.